The molecule has 3 aromatic heterocycles. The Labute approximate surface area is 152 Å². The van der Waals surface area contributed by atoms with Crippen molar-refractivity contribution in [1.29, 1.82) is 0 Å². The normalized spacial score (nSPS) is 14.8. The van der Waals surface area contributed by atoms with Crippen LogP contribution in [0, 0.1) is 6.92 Å². The Kier molecular flexibility index (Phi) is 4.41. The van der Waals surface area contributed by atoms with E-state index in [9.17, 15) is 4.79 Å². The standard InChI is InChI=1S/C20H23N5O/c1-3-24-19-15(13-22-24)12-17(14(2)23-19)20(26)25(16-8-4-5-9-16)18-10-6-7-11-21-18/h6-7,10-13,16H,3-5,8-9H2,1-2H3. The van der Waals surface area contributed by atoms with Gasteiger partial charge < -0.3 is 0 Å². The van der Waals surface area contributed by atoms with Gasteiger partial charge in [0, 0.05) is 24.2 Å². The molecule has 4 rings (SSSR count). The van der Waals surface area contributed by atoms with E-state index >= 15 is 0 Å². The summed E-state index contributed by atoms with van der Waals surface area (Å²) in [4.78, 5) is 24.5. The van der Waals surface area contributed by atoms with Gasteiger partial charge in [0.25, 0.3) is 5.91 Å². The number of amides is 1. The van der Waals surface area contributed by atoms with E-state index in [0.717, 1.165) is 49.0 Å². The fraction of sp³-hybridized carbons (Fsp3) is 0.400. The molecule has 0 bridgehead atoms. The molecule has 0 radical (unpaired) electrons. The summed E-state index contributed by atoms with van der Waals surface area (Å²) in [5.74, 6) is 0.694. The molecule has 6 nitrogen and oxygen atoms in total. The number of hydrogen-bond acceptors (Lipinski definition) is 4. The predicted molar refractivity (Wildman–Crippen MR) is 101 cm³/mol. The minimum Gasteiger partial charge on any atom is -0.290 e. The van der Waals surface area contributed by atoms with Gasteiger partial charge in [0.15, 0.2) is 5.65 Å². The topological polar surface area (TPSA) is 63.9 Å². The van der Waals surface area contributed by atoms with Gasteiger partial charge in [-0.2, -0.15) is 5.10 Å². The van der Waals surface area contributed by atoms with Crippen molar-refractivity contribution < 1.29 is 4.79 Å². The van der Waals surface area contributed by atoms with Crippen LogP contribution in [0.5, 0.6) is 0 Å². The molecule has 1 amide bonds. The second kappa shape index (κ2) is 6.86. The van der Waals surface area contributed by atoms with Gasteiger partial charge in [-0.1, -0.05) is 18.9 Å². The lowest BCUT2D eigenvalue weighted by molar-refractivity contribution is 0.0975. The second-order valence-corrected chi connectivity index (χ2v) is 6.80. The molecule has 1 aliphatic rings. The lowest BCUT2D eigenvalue weighted by atomic mass is 10.1. The maximum absolute atomic E-state index is 13.5. The van der Waals surface area contributed by atoms with E-state index in [1.54, 1.807) is 12.4 Å². The number of aromatic nitrogens is 4. The number of pyridine rings is 2. The van der Waals surface area contributed by atoms with E-state index in [-0.39, 0.29) is 11.9 Å². The summed E-state index contributed by atoms with van der Waals surface area (Å²) < 4.78 is 1.85. The third-order valence-electron chi connectivity index (χ3n) is 5.14. The highest BCUT2D eigenvalue weighted by Gasteiger charge is 2.31. The Hall–Kier alpha value is -2.76. The highest BCUT2D eigenvalue weighted by Crippen LogP contribution is 2.29. The Balaban J connectivity index is 1.78. The van der Waals surface area contributed by atoms with Crippen LogP contribution in [-0.2, 0) is 6.54 Å². The lowest BCUT2D eigenvalue weighted by Crippen LogP contribution is -2.40. The third kappa shape index (κ3) is 2.85. The fourth-order valence-electron chi connectivity index (χ4n) is 3.79. The van der Waals surface area contributed by atoms with E-state index < -0.39 is 0 Å². The molecule has 0 aliphatic heterocycles. The Morgan fingerprint density at radius 3 is 2.81 bits per heavy atom. The Bertz CT molecular complexity index is 928. The van der Waals surface area contributed by atoms with Gasteiger partial charge in [-0.25, -0.2) is 14.6 Å². The van der Waals surface area contributed by atoms with Crippen LogP contribution in [0.15, 0.2) is 36.7 Å². The molecule has 1 aliphatic carbocycles. The summed E-state index contributed by atoms with van der Waals surface area (Å²) in [6.07, 6.45) is 7.87. The van der Waals surface area contributed by atoms with E-state index in [1.807, 2.05) is 47.7 Å². The molecular weight excluding hydrogens is 326 g/mol. The summed E-state index contributed by atoms with van der Waals surface area (Å²) in [5.41, 5.74) is 2.19. The Morgan fingerprint density at radius 1 is 1.31 bits per heavy atom. The molecular formula is C20H23N5O. The second-order valence-electron chi connectivity index (χ2n) is 6.80. The van der Waals surface area contributed by atoms with Gasteiger partial charge in [0.05, 0.1) is 17.5 Å². The van der Waals surface area contributed by atoms with Gasteiger partial charge >= 0.3 is 0 Å². The van der Waals surface area contributed by atoms with Crippen LogP contribution in [-0.4, -0.2) is 31.7 Å². The van der Waals surface area contributed by atoms with Crippen LogP contribution in [0.2, 0.25) is 0 Å². The third-order valence-corrected chi connectivity index (χ3v) is 5.14. The summed E-state index contributed by atoms with van der Waals surface area (Å²) in [6, 6.07) is 7.83. The quantitative estimate of drug-likeness (QED) is 0.720. The van der Waals surface area contributed by atoms with E-state index in [0.29, 0.717) is 11.4 Å². The van der Waals surface area contributed by atoms with Crippen molar-refractivity contribution in [3.63, 3.8) is 0 Å². The molecule has 0 N–H and O–H groups in total. The van der Waals surface area contributed by atoms with Crippen molar-refractivity contribution in [3.8, 4) is 0 Å². The summed E-state index contributed by atoms with van der Waals surface area (Å²) in [6.45, 7) is 4.68. The van der Waals surface area contributed by atoms with Crippen LogP contribution in [0.1, 0.15) is 48.7 Å². The Morgan fingerprint density at radius 2 is 2.12 bits per heavy atom. The maximum Gasteiger partial charge on any atom is 0.261 e. The van der Waals surface area contributed by atoms with Crippen LogP contribution in [0.25, 0.3) is 11.0 Å². The average molecular weight is 349 g/mol. The monoisotopic (exact) mass is 349 g/mol. The molecule has 0 spiro atoms. The van der Waals surface area contributed by atoms with Gasteiger partial charge in [0.1, 0.15) is 5.82 Å². The minimum atomic E-state index is -0.0215. The molecule has 3 heterocycles. The van der Waals surface area contributed by atoms with Gasteiger partial charge in [0.2, 0.25) is 0 Å². The molecule has 1 fully saturated rings. The highest BCUT2D eigenvalue weighted by molar-refractivity contribution is 6.08. The van der Waals surface area contributed by atoms with E-state index in [4.69, 9.17) is 0 Å². The van der Waals surface area contributed by atoms with Crippen molar-refractivity contribution >= 4 is 22.8 Å². The van der Waals surface area contributed by atoms with Crippen LogP contribution < -0.4 is 4.90 Å². The lowest BCUT2D eigenvalue weighted by Gasteiger charge is -2.28. The molecule has 0 atom stereocenters. The highest BCUT2D eigenvalue weighted by atomic mass is 16.2. The summed E-state index contributed by atoms with van der Waals surface area (Å²) in [5, 5.41) is 5.25. The minimum absolute atomic E-state index is 0.0215. The van der Waals surface area contributed by atoms with Gasteiger partial charge in [-0.05, 0) is 44.9 Å². The van der Waals surface area contributed by atoms with Crippen molar-refractivity contribution in [2.45, 2.75) is 52.1 Å². The first-order chi connectivity index (χ1) is 12.7. The van der Waals surface area contributed by atoms with Crippen molar-refractivity contribution in [3.05, 3.63) is 47.9 Å². The molecule has 0 saturated heterocycles. The van der Waals surface area contributed by atoms with Crippen molar-refractivity contribution in [1.82, 2.24) is 19.7 Å². The molecule has 0 unspecified atom stereocenters. The molecule has 1 saturated carbocycles. The number of carbonyl (C=O) groups excluding carboxylic acids is 1. The fourth-order valence-corrected chi connectivity index (χ4v) is 3.79. The van der Waals surface area contributed by atoms with Crippen molar-refractivity contribution in [2.75, 3.05) is 4.90 Å². The number of hydrogen-bond donors (Lipinski definition) is 0. The first-order valence-corrected chi connectivity index (χ1v) is 9.26. The molecule has 0 aromatic carbocycles. The van der Waals surface area contributed by atoms with E-state index in [1.165, 1.54) is 0 Å². The number of nitrogens with zero attached hydrogens (tertiary/aromatic N) is 5. The smallest absolute Gasteiger partial charge is 0.261 e. The zero-order valence-corrected chi connectivity index (χ0v) is 15.2. The summed E-state index contributed by atoms with van der Waals surface area (Å²) in [7, 11) is 0. The average Bonchev–Trinajstić information content (AvgIpc) is 3.31. The predicted octanol–water partition coefficient (Wildman–Crippen LogP) is 3.74. The molecule has 3 aromatic rings. The van der Waals surface area contributed by atoms with Crippen LogP contribution >= 0.6 is 0 Å². The zero-order valence-electron chi connectivity index (χ0n) is 15.2. The molecule has 134 valence electrons. The van der Waals surface area contributed by atoms with Crippen LogP contribution in [0.3, 0.4) is 0 Å². The number of rotatable bonds is 4. The number of fused-ring (bicyclic) bond motifs is 1. The number of anilines is 1. The first kappa shape index (κ1) is 16.7. The number of aryl methyl sites for hydroxylation is 2. The largest absolute Gasteiger partial charge is 0.290 e. The molecule has 6 heteroatoms. The zero-order chi connectivity index (χ0) is 18.1. The summed E-state index contributed by atoms with van der Waals surface area (Å²) >= 11 is 0. The first-order valence-electron chi connectivity index (χ1n) is 9.26. The SMILES string of the molecule is CCn1ncc2cc(C(=O)N(c3ccccn3)C3CCCC3)c(C)nc21. The van der Waals surface area contributed by atoms with Gasteiger partial charge in [-0.3, -0.25) is 9.69 Å². The van der Waals surface area contributed by atoms with E-state index in [2.05, 4.69) is 15.1 Å². The van der Waals surface area contributed by atoms with Crippen molar-refractivity contribution in [2.24, 2.45) is 0 Å². The van der Waals surface area contributed by atoms with Crippen LogP contribution in [0.4, 0.5) is 5.82 Å². The maximum atomic E-state index is 13.5. The molecule has 26 heavy (non-hydrogen) atoms. The van der Waals surface area contributed by atoms with Gasteiger partial charge in [-0.15, -0.1) is 0 Å². The number of carbonyl (C=O) groups is 1.